The largest absolute Gasteiger partial charge is 0.472 e. The number of halogens is 2. The highest BCUT2D eigenvalue weighted by Crippen LogP contribution is 2.26. The Hall–Kier alpha value is -1.59. The predicted molar refractivity (Wildman–Crippen MR) is 88.3 cm³/mol. The number of hydrogen-bond donors (Lipinski definition) is 0. The van der Waals surface area contributed by atoms with Gasteiger partial charge in [0.25, 0.3) is 5.91 Å². The summed E-state index contributed by atoms with van der Waals surface area (Å²) in [6, 6.07) is 10.8. The second-order valence-electron chi connectivity index (χ2n) is 5.05. The average molecular weight is 382 g/mol. The highest BCUT2D eigenvalue weighted by Gasteiger charge is 2.29. The molecule has 6 heteroatoms. The smallest absolute Gasteiger partial charge is 0.255 e. The van der Waals surface area contributed by atoms with E-state index in [1.54, 1.807) is 23.2 Å². The molecule has 0 bridgehead atoms. The lowest BCUT2D eigenvalue weighted by Crippen LogP contribution is -2.31. The monoisotopic (exact) mass is 380 g/mol. The van der Waals surface area contributed by atoms with E-state index in [1.807, 2.05) is 24.3 Å². The van der Waals surface area contributed by atoms with Gasteiger partial charge in [0.1, 0.15) is 6.10 Å². The van der Waals surface area contributed by atoms with Crippen LogP contribution in [-0.2, 0) is 0 Å². The molecule has 0 saturated carbocycles. The van der Waals surface area contributed by atoms with E-state index in [0.29, 0.717) is 29.6 Å². The Morgan fingerprint density at radius 1 is 1.32 bits per heavy atom. The van der Waals surface area contributed by atoms with Crippen LogP contribution in [0, 0.1) is 0 Å². The second-order valence-corrected chi connectivity index (χ2v) is 6.31. The molecule has 1 unspecified atom stereocenters. The van der Waals surface area contributed by atoms with Crippen molar-refractivity contribution in [1.82, 2.24) is 9.88 Å². The summed E-state index contributed by atoms with van der Waals surface area (Å²) in [7, 11) is 0. The molecule has 1 aliphatic rings. The van der Waals surface area contributed by atoms with E-state index in [9.17, 15) is 4.79 Å². The number of likely N-dealkylation sites (tertiary alicyclic amines) is 1. The van der Waals surface area contributed by atoms with Crippen molar-refractivity contribution in [3.05, 3.63) is 57.7 Å². The zero-order valence-corrected chi connectivity index (χ0v) is 14.0. The fourth-order valence-corrected chi connectivity index (χ4v) is 2.99. The topological polar surface area (TPSA) is 42.4 Å². The number of amides is 1. The van der Waals surface area contributed by atoms with Crippen LogP contribution >= 0.6 is 27.5 Å². The molecule has 0 aliphatic carbocycles. The van der Waals surface area contributed by atoms with Gasteiger partial charge in [0.05, 0.1) is 21.6 Å². The molecule has 22 heavy (non-hydrogen) atoms. The minimum Gasteiger partial charge on any atom is -0.472 e. The van der Waals surface area contributed by atoms with E-state index in [2.05, 4.69) is 20.9 Å². The van der Waals surface area contributed by atoms with Crippen LogP contribution in [0.1, 0.15) is 16.8 Å². The first kappa shape index (κ1) is 15.3. The summed E-state index contributed by atoms with van der Waals surface area (Å²) in [4.78, 5) is 18.5. The molecule has 2 heterocycles. The van der Waals surface area contributed by atoms with Crippen molar-refractivity contribution in [2.24, 2.45) is 0 Å². The maximum Gasteiger partial charge on any atom is 0.255 e. The van der Waals surface area contributed by atoms with Gasteiger partial charge in [-0.05, 0) is 40.2 Å². The van der Waals surface area contributed by atoms with Crippen molar-refractivity contribution in [3.8, 4) is 5.88 Å². The fraction of sp³-hybridized carbons (Fsp3) is 0.250. The molecule has 1 atom stereocenters. The molecule has 4 nitrogen and oxygen atoms in total. The van der Waals surface area contributed by atoms with Crippen molar-refractivity contribution in [2.45, 2.75) is 12.5 Å². The van der Waals surface area contributed by atoms with Crippen molar-refractivity contribution in [2.75, 3.05) is 13.1 Å². The quantitative estimate of drug-likeness (QED) is 0.812. The normalized spacial score (nSPS) is 17.5. The Morgan fingerprint density at radius 3 is 2.91 bits per heavy atom. The molecule has 1 aromatic carbocycles. The van der Waals surface area contributed by atoms with Gasteiger partial charge in [-0.1, -0.05) is 23.7 Å². The molecule has 1 aromatic heterocycles. The van der Waals surface area contributed by atoms with Crippen LogP contribution in [0.5, 0.6) is 5.88 Å². The summed E-state index contributed by atoms with van der Waals surface area (Å²) >= 11 is 9.50. The summed E-state index contributed by atoms with van der Waals surface area (Å²) < 4.78 is 6.68. The lowest BCUT2D eigenvalue weighted by Gasteiger charge is -2.18. The van der Waals surface area contributed by atoms with Gasteiger partial charge in [0.2, 0.25) is 5.88 Å². The lowest BCUT2D eigenvalue weighted by molar-refractivity contribution is 0.0771. The number of carbonyl (C=O) groups excluding carboxylic acids is 1. The Labute approximate surface area is 142 Å². The Bertz CT molecular complexity index is 695. The van der Waals surface area contributed by atoms with Gasteiger partial charge in [-0.2, -0.15) is 0 Å². The van der Waals surface area contributed by atoms with Crippen LogP contribution in [0.4, 0.5) is 0 Å². The third-order valence-corrected chi connectivity index (χ3v) is 4.47. The van der Waals surface area contributed by atoms with Gasteiger partial charge in [-0.25, -0.2) is 4.98 Å². The first-order valence-electron chi connectivity index (χ1n) is 6.96. The Morgan fingerprint density at radius 2 is 2.14 bits per heavy atom. The summed E-state index contributed by atoms with van der Waals surface area (Å²) in [5.74, 6) is 0.497. The number of carbonyl (C=O) groups is 1. The van der Waals surface area contributed by atoms with Crippen molar-refractivity contribution >= 4 is 33.4 Å². The first-order valence-corrected chi connectivity index (χ1v) is 8.13. The fourth-order valence-electron chi connectivity index (χ4n) is 2.43. The van der Waals surface area contributed by atoms with Gasteiger partial charge in [0, 0.05) is 19.2 Å². The molecule has 0 N–H and O–H groups in total. The van der Waals surface area contributed by atoms with Crippen molar-refractivity contribution < 1.29 is 9.53 Å². The molecule has 2 aromatic rings. The molecule has 1 fully saturated rings. The Balaban J connectivity index is 1.66. The summed E-state index contributed by atoms with van der Waals surface area (Å²) in [5.41, 5.74) is 0.531. The molecule has 0 spiro atoms. The molecule has 114 valence electrons. The number of nitrogens with zero attached hydrogens (tertiary/aromatic N) is 2. The third-order valence-electron chi connectivity index (χ3n) is 3.54. The number of ether oxygens (including phenoxy) is 1. The van der Waals surface area contributed by atoms with Gasteiger partial charge in [-0.15, -0.1) is 0 Å². The average Bonchev–Trinajstić information content (AvgIpc) is 2.98. The highest BCUT2D eigenvalue weighted by atomic mass is 79.9. The van der Waals surface area contributed by atoms with Gasteiger partial charge < -0.3 is 9.64 Å². The molecule has 1 saturated heterocycles. The van der Waals surface area contributed by atoms with Crippen LogP contribution in [0.2, 0.25) is 5.02 Å². The van der Waals surface area contributed by atoms with E-state index in [0.717, 1.165) is 10.9 Å². The van der Waals surface area contributed by atoms with Crippen LogP contribution in [0.3, 0.4) is 0 Å². The number of aromatic nitrogens is 1. The summed E-state index contributed by atoms with van der Waals surface area (Å²) in [5, 5.41) is 0.476. The van der Waals surface area contributed by atoms with Gasteiger partial charge in [-0.3, -0.25) is 4.79 Å². The summed E-state index contributed by atoms with van der Waals surface area (Å²) in [6.45, 7) is 1.19. The number of pyridine rings is 1. The van der Waals surface area contributed by atoms with E-state index in [4.69, 9.17) is 16.3 Å². The van der Waals surface area contributed by atoms with Crippen LogP contribution in [-0.4, -0.2) is 35.0 Å². The molecular formula is C16H14BrClN2O2. The molecule has 1 aliphatic heterocycles. The number of rotatable bonds is 3. The number of hydrogen-bond acceptors (Lipinski definition) is 3. The van der Waals surface area contributed by atoms with Crippen LogP contribution in [0.15, 0.2) is 47.1 Å². The summed E-state index contributed by atoms with van der Waals surface area (Å²) in [6.07, 6.45) is 2.40. The SMILES string of the molecule is O=C(c1ccccc1Cl)N1CCC(Oc2ncccc2Br)C1. The van der Waals surface area contributed by atoms with E-state index < -0.39 is 0 Å². The third kappa shape index (κ3) is 3.25. The van der Waals surface area contributed by atoms with Crippen molar-refractivity contribution in [1.29, 1.82) is 0 Å². The van der Waals surface area contributed by atoms with Crippen LogP contribution < -0.4 is 4.74 Å². The van der Waals surface area contributed by atoms with Gasteiger partial charge in [0.15, 0.2) is 0 Å². The van der Waals surface area contributed by atoms with Crippen molar-refractivity contribution in [3.63, 3.8) is 0 Å². The zero-order chi connectivity index (χ0) is 15.5. The zero-order valence-electron chi connectivity index (χ0n) is 11.7. The maximum absolute atomic E-state index is 12.5. The molecule has 3 rings (SSSR count). The molecule has 0 radical (unpaired) electrons. The van der Waals surface area contributed by atoms with Crippen LogP contribution in [0.25, 0.3) is 0 Å². The van der Waals surface area contributed by atoms with E-state index >= 15 is 0 Å². The molecule has 1 amide bonds. The van der Waals surface area contributed by atoms with E-state index in [-0.39, 0.29) is 12.0 Å². The maximum atomic E-state index is 12.5. The lowest BCUT2D eigenvalue weighted by atomic mass is 10.2. The minimum absolute atomic E-state index is 0.0577. The van der Waals surface area contributed by atoms with Gasteiger partial charge >= 0.3 is 0 Å². The predicted octanol–water partition coefficient (Wildman–Crippen LogP) is 3.79. The highest BCUT2D eigenvalue weighted by molar-refractivity contribution is 9.10. The van der Waals surface area contributed by atoms with E-state index in [1.165, 1.54) is 0 Å². The standard InChI is InChI=1S/C16H14BrClN2O2/c17-13-5-3-8-19-15(13)22-11-7-9-20(10-11)16(21)12-4-1-2-6-14(12)18/h1-6,8,11H,7,9-10H2. The minimum atomic E-state index is -0.0585. The second kappa shape index (κ2) is 6.67. The first-order chi connectivity index (χ1) is 10.6. The Kier molecular flexibility index (Phi) is 4.64. The molecular weight excluding hydrogens is 368 g/mol. The number of benzene rings is 1.